The molecule has 4 N–H and O–H groups in total. The van der Waals surface area contributed by atoms with E-state index in [1.54, 1.807) is 30.3 Å². The number of rotatable bonds is 4. The van der Waals surface area contributed by atoms with Gasteiger partial charge in [-0.15, -0.1) is 0 Å². The van der Waals surface area contributed by atoms with Crippen molar-refractivity contribution in [2.75, 3.05) is 0 Å². The van der Waals surface area contributed by atoms with E-state index in [1.807, 2.05) is 0 Å². The second-order valence-corrected chi connectivity index (χ2v) is 5.63. The number of carbonyl (C=O) groups is 2. The minimum Gasteiger partial charge on any atom is -0.505 e. The number of carbonyl (C=O) groups excluding carboxylic acids is 1. The first-order chi connectivity index (χ1) is 12.3. The minimum absolute atomic E-state index is 0.0557. The van der Waals surface area contributed by atoms with Crippen LogP contribution in [0.25, 0.3) is 22.2 Å². The van der Waals surface area contributed by atoms with Gasteiger partial charge in [-0.05, 0) is 12.1 Å². The van der Waals surface area contributed by atoms with E-state index in [-0.39, 0.29) is 22.4 Å². The Balaban J connectivity index is 2.30. The summed E-state index contributed by atoms with van der Waals surface area (Å²) in [5, 5.41) is 32.9. The highest BCUT2D eigenvalue weighted by atomic mass is 35.5. The number of halogens is 1. The van der Waals surface area contributed by atoms with Gasteiger partial charge >= 0.3 is 5.97 Å². The highest BCUT2D eigenvalue weighted by Crippen LogP contribution is 2.37. The number of carboxylic acids is 1. The second-order valence-electron chi connectivity index (χ2n) is 5.19. The predicted molar refractivity (Wildman–Crippen MR) is 88.6 cm³/mol. The molecule has 0 amide bonds. The lowest BCUT2D eigenvalue weighted by Gasteiger charge is -2.08. The molecule has 0 radical (unpaired) electrons. The summed E-state index contributed by atoms with van der Waals surface area (Å²) in [4.78, 5) is 26.9. The molecule has 2 heterocycles. The number of benzene rings is 1. The van der Waals surface area contributed by atoms with E-state index in [0.29, 0.717) is 10.6 Å². The van der Waals surface area contributed by atoms with Crippen molar-refractivity contribution in [3.8, 4) is 23.1 Å². The summed E-state index contributed by atoms with van der Waals surface area (Å²) in [6.07, 6.45) is 0. The molecule has 0 aliphatic heterocycles. The number of nitrogens with zero attached hydrogens (tertiary/aromatic N) is 3. The van der Waals surface area contributed by atoms with E-state index in [4.69, 9.17) is 27.0 Å². The molecular formula is C16H9ClN4O5. The van der Waals surface area contributed by atoms with Crippen LogP contribution in [-0.4, -0.2) is 38.1 Å². The number of aliphatic carboxylic acids is 1. The predicted octanol–water partition coefficient (Wildman–Crippen LogP) is 1.72. The van der Waals surface area contributed by atoms with Gasteiger partial charge in [0.2, 0.25) is 11.4 Å². The van der Waals surface area contributed by atoms with E-state index in [2.05, 4.69) is 10.1 Å². The monoisotopic (exact) mass is 372 g/mol. The largest absolute Gasteiger partial charge is 0.505 e. The van der Waals surface area contributed by atoms with Crippen molar-refractivity contribution in [1.29, 1.82) is 5.26 Å². The molecule has 0 spiro atoms. The Morgan fingerprint density at radius 2 is 1.96 bits per heavy atom. The first-order valence-electron chi connectivity index (χ1n) is 7.06. The number of hydrogen-bond donors (Lipinski definition) is 3. The van der Waals surface area contributed by atoms with Crippen LogP contribution in [0, 0.1) is 11.3 Å². The molecule has 1 unspecified atom stereocenters. The molecule has 1 aromatic carbocycles. The van der Waals surface area contributed by atoms with Crippen molar-refractivity contribution in [2.24, 2.45) is 5.73 Å². The molecule has 130 valence electrons. The Bertz CT molecular complexity index is 1080. The number of Topliss-reactive ketones (excluding diaryl/α,β-unsaturated/α-hetero) is 1. The molecular weight excluding hydrogens is 364 g/mol. The van der Waals surface area contributed by atoms with Crippen molar-refractivity contribution in [3.63, 3.8) is 0 Å². The average molecular weight is 373 g/mol. The van der Waals surface area contributed by atoms with Gasteiger partial charge < -0.3 is 20.5 Å². The number of carboxylic acid groups (broad SMARTS) is 1. The number of aromatic hydroxyl groups is 1. The maximum atomic E-state index is 12.2. The topological polar surface area (TPSA) is 163 Å². The van der Waals surface area contributed by atoms with Gasteiger partial charge in [-0.3, -0.25) is 9.59 Å². The van der Waals surface area contributed by atoms with Gasteiger partial charge in [0.25, 0.3) is 0 Å². The Labute approximate surface area is 150 Å². The summed E-state index contributed by atoms with van der Waals surface area (Å²) in [5.41, 5.74) is 4.78. The maximum absolute atomic E-state index is 12.2. The van der Waals surface area contributed by atoms with Crippen molar-refractivity contribution in [2.45, 2.75) is 6.04 Å². The number of aromatic nitrogens is 2. The van der Waals surface area contributed by atoms with Crippen molar-refractivity contribution >= 4 is 34.3 Å². The fraction of sp³-hybridized carbons (Fsp3) is 0.0625. The molecule has 0 bridgehead atoms. The molecule has 10 heteroatoms. The average Bonchev–Trinajstić information content (AvgIpc) is 3.07. The lowest BCUT2D eigenvalue weighted by Crippen LogP contribution is -2.39. The highest BCUT2D eigenvalue weighted by Gasteiger charge is 2.31. The van der Waals surface area contributed by atoms with Gasteiger partial charge in [0, 0.05) is 10.6 Å². The molecule has 1 atom stereocenters. The molecule has 0 aliphatic carbocycles. The normalized spacial score (nSPS) is 11.9. The van der Waals surface area contributed by atoms with Crippen molar-refractivity contribution in [1.82, 2.24) is 10.1 Å². The number of nitrogens with two attached hydrogens (primary N) is 1. The van der Waals surface area contributed by atoms with Crippen LogP contribution in [-0.2, 0) is 4.79 Å². The minimum atomic E-state index is -1.95. The number of pyridine rings is 1. The number of hydrogen-bond acceptors (Lipinski definition) is 8. The Morgan fingerprint density at radius 3 is 2.54 bits per heavy atom. The Kier molecular flexibility index (Phi) is 4.29. The van der Waals surface area contributed by atoms with E-state index in [9.17, 15) is 20.0 Å². The summed E-state index contributed by atoms with van der Waals surface area (Å²) < 4.78 is 5.09. The SMILES string of the molecule is N#Cc1nc(C(=O)C(N)C(=O)O)c(O)c2c(-c3ccc(Cl)cc3)noc12. The summed E-state index contributed by atoms with van der Waals surface area (Å²) in [6.45, 7) is 0. The van der Waals surface area contributed by atoms with Crippen LogP contribution in [0.3, 0.4) is 0 Å². The Hall–Kier alpha value is -3.48. The number of ketones is 1. The van der Waals surface area contributed by atoms with E-state index < -0.39 is 29.2 Å². The molecule has 0 saturated heterocycles. The van der Waals surface area contributed by atoms with Crippen LogP contribution in [0.2, 0.25) is 5.02 Å². The van der Waals surface area contributed by atoms with Crippen LogP contribution in [0.4, 0.5) is 0 Å². The van der Waals surface area contributed by atoms with E-state index in [0.717, 1.165) is 0 Å². The lowest BCUT2D eigenvalue weighted by molar-refractivity contribution is -0.137. The van der Waals surface area contributed by atoms with Gasteiger partial charge in [-0.2, -0.15) is 5.26 Å². The highest BCUT2D eigenvalue weighted by molar-refractivity contribution is 6.30. The van der Waals surface area contributed by atoms with E-state index >= 15 is 0 Å². The summed E-state index contributed by atoms with van der Waals surface area (Å²) in [5.74, 6) is -3.43. The van der Waals surface area contributed by atoms with E-state index in [1.165, 1.54) is 0 Å². The quantitative estimate of drug-likeness (QED) is 0.456. The summed E-state index contributed by atoms with van der Waals surface area (Å²) in [7, 11) is 0. The zero-order valence-corrected chi connectivity index (χ0v) is 13.6. The van der Waals surface area contributed by atoms with Gasteiger partial charge in [0.1, 0.15) is 11.8 Å². The third-order valence-electron chi connectivity index (χ3n) is 3.60. The molecule has 26 heavy (non-hydrogen) atoms. The molecule has 3 rings (SSSR count). The van der Waals surface area contributed by atoms with Crippen molar-refractivity contribution < 1.29 is 24.3 Å². The van der Waals surface area contributed by atoms with Crippen molar-refractivity contribution in [3.05, 3.63) is 40.7 Å². The Morgan fingerprint density at radius 1 is 1.31 bits per heavy atom. The fourth-order valence-electron chi connectivity index (χ4n) is 2.32. The third-order valence-corrected chi connectivity index (χ3v) is 3.85. The van der Waals surface area contributed by atoms with Crippen LogP contribution in [0.5, 0.6) is 5.75 Å². The summed E-state index contributed by atoms with van der Waals surface area (Å²) >= 11 is 5.84. The smallest absolute Gasteiger partial charge is 0.328 e. The second kappa shape index (κ2) is 6.44. The maximum Gasteiger partial charge on any atom is 0.328 e. The summed E-state index contributed by atoms with van der Waals surface area (Å²) in [6, 6.07) is 6.11. The standard InChI is InChI=1S/C16H9ClN4O5/c17-7-3-1-6(2-4-7)11-9-13(22)12(14(23)10(19)16(24)25)20-8(5-18)15(9)26-21-11/h1-4,10,22H,19H2,(H,24,25). The molecule has 0 saturated carbocycles. The van der Waals surface area contributed by atoms with Crippen LogP contribution >= 0.6 is 11.6 Å². The van der Waals surface area contributed by atoms with Crippen LogP contribution < -0.4 is 5.73 Å². The lowest BCUT2D eigenvalue weighted by atomic mass is 10.0. The molecule has 3 aromatic rings. The molecule has 9 nitrogen and oxygen atoms in total. The van der Waals surface area contributed by atoms with Crippen LogP contribution in [0.15, 0.2) is 28.8 Å². The third kappa shape index (κ3) is 2.73. The zero-order valence-electron chi connectivity index (χ0n) is 12.8. The number of nitriles is 1. The van der Waals surface area contributed by atoms with Crippen LogP contribution in [0.1, 0.15) is 16.2 Å². The van der Waals surface area contributed by atoms with Gasteiger partial charge in [0.05, 0.1) is 5.39 Å². The zero-order chi connectivity index (χ0) is 19.0. The fourth-order valence-corrected chi connectivity index (χ4v) is 2.44. The first kappa shape index (κ1) is 17.3. The van der Waals surface area contributed by atoms with Gasteiger partial charge in [0.15, 0.2) is 23.2 Å². The van der Waals surface area contributed by atoms with Gasteiger partial charge in [-0.1, -0.05) is 28.9 Å². The number of fused-ring (bicyclic) bond motifs is 1. The first-order valence-corrected chi connectivity index (χ1v) is 7.44. The molecule has 0 aliphatic rings. The molecule has 2 aromatic heterocycles. The molecule has 0 fully saturated rings. The van der Waals surface area contributed by atoms with Gasteiger partial charge in [-0.25, -0.2) is 4.98 Å².